The van der Waals surface area contributed by atoms with Crippen molar-refractivity contribution in [3.8, 4) is 11.5 Å². The van der Waals surface area contributed by atoms with Crippen LogP contribution in [0.2, 0.25) is 0 Å². The van der Waals surface area contributed by atoms with Crippen molar-refractivity contribution in [1.82, 2.24) is 15.0 Å². The van der Waals surface area contributed by atoms with Gasteiger partial charge in [0.15, 0.2) is 11.6 Å². The second-order valence-corrected chi connectivity index (χ2v) is 7.72. The van der Waals surface area contributed by atoms with E-state index in [1.54, 1.807) is 0 Å². The first-order valence-corrected chi connectivity index (χ1v) is 9.50. The van der Waals surface area contributed by atoms with Gasteiger partial charge in [0.25, 0.3) is 5.89 Å². The van der Waals surface area contributed by atoms with Gasteiger partial charge in [-0.25, -0.2) is 0 Å². The van der Waals surface area contributed by atoms with E-state index in [4.69, 9.17) is 4.52 Å². The van der Waals surface area contributed by atoms with Gasteiger partial charge in [-0.2, -0.15) is 4.98 Å². The van der Waals surface area contributed by atoms with Crippen molar-refractivity contribution >= 4 is 5.78 Å². The van der Waals surface area contributed by atoms with E-state index in [9.17, 15) is 4.79 Å². The van der Waals surface area contributed by atoms with Crippen LogP contribution in [0.3, 0.4) is 0 Å². The molecule has 2 saturated carbocycles. The Labute approximate surface area is 147 Å². The van der Waals surface area contributed by atoms with E-state index in [0.717, 1.165) is 61.8 Å². The highest BCUT2D eigenvalue weighted by Crippen LogP contribution is 2.35. The Balaban J connectivity index is 1.26. The first-order chi connectivity index (χ1) is 12.3. The van der Waals surface area contributed by atoms with Crippen molar-refractivity contribution in [2.75, 3.05) is 13.1 Å². The van der Waals surface area contributed by atoms with Crippen LogP contribution in [0, 0.1) is 5.92 Å². The first kappa shape index (κ1) is 15.3. The molecule has 1 aromatic heterocycles. The molecule has 0 spiro atoms. The molecule has 2 aliphatic carbocycles. The van der Waals surface area contributed by atoms with Gasteiger partial charge in [0.1, 0.15) is 0 Å². The number of aromatic nitrogens is 2. The lowest BCUT2D eigenvalue weighted by Crippen LogP contribution is -2.34. The topological polar surface area (TPSA) is 59.2 Å². The normalized spacial score (nSPS) is 22.2. The van der Waals surface area contributed by atoms with Gasteiger partial charge in [-0.3, -0.25) is 4.79 Å². The molecule has 130 valence electrons. The Hall–Kier alpha value is -2.01. The predicted molar refractivity (Wildman–Crippen MR) is 93.4 cm³/mol. The Morgan fingerprint density at radius 2 is 1.72 bits per heavy atom. The molecule has 0 bridgehead atoms. The molecule has 3 fully saturated rings. The Kier molecular flexibility index (Phi) is 3.70. The van der Waals surface area contributed by atoms with Gasteiger partial charge in [-0.15, -0.1) is 0 Å². The summed E-state index contributed by atoms with van der Waals surface area (Å²) >= 11 is 0. The summed E-state index contributed by atoms with van der Waals surface area (Å²) in [6.45, 7) is 2.30. The first-order valence-electron chi connectivity index (χ1n) is 9.50. The summed E-state index contributed by atoms with van der Waals surface area (Å²) in [5.41, 5.74) is 1.68. The summed E-state index contributed by atoms with van der Waals surface area (Å²) in [6.07, 6.45) is 7.04. The van der Waals surface area contributed by atoms with Crippen LogP contribution >= 0.6 is 0 Å². The molecule has 0 N–H and O–H groups in total. The van der Waals surface area contributed by atoms with E-state index < -0.39 is 0 Å². The molecule has 1 saturated heterocycles. The average molecular weight is 337 g/mol. The third-order valence-electron chi connectivity index (χ3n) is 5.76. The zero-order valence-corrected chi connectivity index (χ0v) is 14.4. The average Bonchev–Trinajstić information content (AvgIpc) is 3.59. The molecule has 5 nitrogen and oxygen atoms in total. The smallest absolute Gasteiger partial charge is 0.257 e. The number of hydrogen-bond donors (Lipinski definition) is 0. The van der Waals surface area contributed by atoms with Crippen molar-refractivity contribution < 1.29 is 9.32 Å². The molecule has 0 amide bonds. The second-order valence-electron chi connectivity index (χ2n) is 7.72. The van der Waals surface area contributed by atoms with Crippen LogP contribution in [0.25, 0.3) is 11.5 Å². The number of carbonyl (C=O) groups is 1. The third kappa shape index (κ3) is 3.13. The van der Waals surface area contributed by atoms with Crippen molar-refractivity contribution in [3.05, 3.63) is 35.7 Å². The number of carbonyl (C=O) groups excluding carboxylic acids is 1. The molecular weight excluding hydrogens is 314 g/mol. The summed E-state index contributed by atoms with van der Waals surface area (Å²) in [5, 5.41) is 4.23. The lowest BCUT2D eigenvalue weighted by atomic mass is 9.96. The monoisotopic (exact) mass is 337 g/mol. The van der Waals surface area contributed by atoms with E-state index in [0.29, 0.717) is 11.8 Å². The summed E-state index contributed by atoms with van der Waals surface area (Å²) < 4.78 is 5.49. The number of ketones is 1. The molecule has 2 heterocycles. The molecule has 3 aliphatic rings. The minimum absolute atomic E-state index is 0.252. The highest BCUT2D eigenvalue weighted by molar-refractivity contribution is 5.99. The fraction of sp³-hybridized carbons (Fsp3) is 0.550. The maximum Gasteiger partial charge on any atom is 0.257 e. The van der Waals surface area contributed by atoms with E-state index in [1.165, 1.54) is 12.8 Å². The van der Waals surface area contributed by atoms with Crippen LogP contribution in [-0.2, 0) is 0 Å². The van der Waals surface area contributed by atoms with Crippen LogP contribution < -0.4 is 0 Å². The minimum Gasteiger partial charge on any atom is -0.334 e. The molecule has 5 heteroatoms. The number of Topliss-reactive ketones (excluding diaryl/α,β-unsaturated/α-hetero) is 1. The zero-order valence-electron chi connectivity index (χ0n) is 14.4. The van der Waals surface area contributed by atoms with E-state index >= 15 is 0 Å². The van der Waals surface area contributed by atoms with E-state index in [2.05, 4.69) is 15.0 Å². The van der Waals surface area contributed by atoms with Crippen molar-refractivity contribution in [2.24, 2.45) is 5.92 Å². The summed E-state index contributed by atoms with van der Waals surface area (Å²) in [6, 6.07) is 8.45. The number of hydrogen-bond acceptors (Lipinski definition) is 5. The van der Waals surface area contributed by atoms with E-state index in [1.807, 2.05) is 24.3 Å². The minimum atomic E-state index is 0.252. The number of nitrogens with zero attached hydrogens (tertiary/aromatic N) is 3. The largest absolute Gasteiger partial charge is 0.334 e. The molecule has 5 rings (SSSR count). The van der Waals surface area contributed by atoms with Gasteiger partial charge in [0.05, 0.1) is 0 Å². The molecular formula is C20H23N3O2. The standard InChI is InChI=1S/C20H23N3O2/c24-18(13-1-2-13)14-3-5-16(6-4-14)20-21-19(22-25-20)15-9-11-23(12-10-15)17-7-8-17/h3-6,13,15,17H,1-2,7-12H2. The summed E-state index contributed by atoms with van der Waals surface area (Å²) in [7, 11) is 0. The molecule has 2 aromatic rings. The van der Waals surface area contributed by atoms with Crippen LogP contribution in [0.5, 0.6) is 0 Å². The van der Waals surface area contributed by atoms with Crippen molar-refractivity contribution in [1.29, 1.82) is 0 Å². The lowest BCUT2D eigenvalue weighted by Gasteiger charge is -2.30. The number of rotatable bonds is 5. The van der Waals surface area contributed by atoms with Gasteiger partial charge in [-0.1, -0.05) is 17.3 Å². The number of piperidine rings is 1. The highest BCUT2D eigenvalue weighted by Gasteiger charge is 2.33. The Morgan fingerprint density at radius 3 is 2.36 bits per heavy atom. The molecule has 0 atom stereocenters. The predicted octanol–water partition coefficient (Wildman–Crippen LogP) is 3.67. The van der Waals surface area contributed by atoms with Crippen LogP contribution in [0.1, 0.15) is 60.6 Å². The maximum atomic E-state index is 12.1. The molecule has 0 radical (unpaired) electrons. The van der Waals surface area contributed by atoms with Gasteiger partial charge in [0.2, 0.25) is 0 Å². The summed E-state index contributed by atoms with van der Waals surface area (Å²) in [4.78, 5) is 19.3. The van der Waals surface area contributed by atoms with Crippen LogP contribution in [0.4, 0.5) is 0 Å². The molecule has 1 aliphatic heterocycles. The quantitative estimate of drug-likeness (QED) is 0.779. The lowest BCUT2D eigenvalue weighted by molar-refractivity contribution is 0.0967. The second kappa shape index (κ2) is 6.06. The fourth-order valence-electron chi connectivity index (χ4n) is 3.84. The van der Waals surface area contributed by atoms with Gasteiger partial charge >= 0.3 is 0 Å². The molecule has 25 heavy (non-hydrogen) atoms. The number of benzene rings is 1. The van der Waals surface area contributed by atoms with E-state index in [-0.39, 0.29) is 11.7 Å². The van der Waals surface area contributed by atoms with Gasteiger partial charge in [-0.05, 0) is 63.7 Å². The van der Waals surface area contributed by atoms with Gasteiger partial charge < -0.3 is 9.42 Å². The number of likely N-dealkylation sites (tertiary alicyclic amines) is 1. The SMILES string of the molecule is O=C(c1ccc(-c2nc(C3CCN(C4CC4)CC3)no2)cc1)C1CC1. The van der Waals surface area contributed by atoms with Crippen LogP contribution in [-0.4, -0.2) is 40.0 Å². The van der Waals surface area contributed by atoms with Crippen molar-refractivity contribution in [2.45, 2.75) is 50.5 Å². The molecule has 1 aromatic carbocycles. The van der Waals surface area contributed by atoms with Gasteiger partial charge in [0, 0.05) is 29.0 Å². The Morgan fingerprint density at radius 1 is 1.00 bits per heavy atom. The highest BCUT2D eigenvalue weighted by atomic mass is 16.5. The maximum absolute atomic E-state index is 12.1. The molecule has 0 unspecified atom stereocenters. The van der Waals surface area contributed by atoms with Crippen molar-refractivity contribution in [3.63, 3.8) is 0 Å². The third-order valence-corrected chi connectivity index (χ3v) is 5.76. The fourth-order valence-corrected chi connectivity index (χ4v) is 3.84. The van der Waals surface area contributed by atoms with Crippen LogP contribution in [0.15, 0.2) is 28.8 Å². The Bertz CT molecular complexity index is 766. The zero-order chi connectivity index (χ0) is 16.8. The summed E-state index contributed by atoms with van der Waals surface area (Å²) in [5.74, 6) is 2.32.